The summed E-state index contributed by atoms with van der Waals surface area (Å²) in [6, 6.07) is 8.57. The molecule has 1 aliphatic heterocycles. The smallest absolute Gasteiger partial charge is 0.292 e. The average Bonchev–Trinajstić information content (AvgIpc) is 3.11. The number of aromatic nitrogens is 1. The minimum Gasteiger partial charge on any atom is -0.384 e. The van der Waals surface area contributed by atoms with Crippen LogP contribution in [0.25, 0.3) is 11.3 Å². The zero-order valence-electron chi connectivity index (χ0n) is 14.3. The van der Waals surface area contributed by atoms with Crippen LogP contribution in [0.5, 0.6) is 0 Å². The van der Waals surface area contributed by atoms with E-state index < -0.39 is 12.0 Å². The van der Waals surface area contributed by atoms with Gasteiger partial charge in [-0.25, -0.2) is 0 Å². The van der Waals surface area contributed by atoms with Crippen molar-refractivity contribution in [3.63, 3.8) is 0 Å². The molecule has 7 nitrogen and oxygen atoms in total. The molecule has 1 saturated heterocycles. The largest absolute Gasteiger partial charge is 0.384 e. The summed E-state index contributed by atoms with van der Waals surface area (Å²) in [5, 5.41) is 16.5. The molecule has 2 atom stereocenters. The number of rotatable bonds is 4. The Labute approximate surface area is 155 Å². The van der Waals surface area contributed by atoms with Gasteiger partial charge in [0.25, 0.3) is 5.91 Å². The van der Waals surface area contributed by atoms with Gasteiger partial charge < -0.3 is 19.8 Å². The highest BCUT2D eigenvalue weighted by atomic mass is 35.5. The second-order valence-corrected chi connectivity index (χ2v) is 6.74. The Morgan fingerprint density at radius 3 is 2.92 bits per heavy atom. The zero-order valence-corrected chi connectivity index (χ0v) is 15.1. The summed E-state index contributed by atoms with van der Waals surface area (Å²) >= 11 is 6.15. The molecule has 8 heteroatoms. The molecule has 2 heterocycles. The van der Waals surface area contributed by atoms with Crippen molar-refractivity contribution in [2.75, 3.05) is 13.1 Å². The molecule has 2 N–H and O–H groups in total. The molecule has 3 rings (SSSR count). The van der Waals surface area contributed by atoms with Gasteiger partial charge in [-0.2, -0.15) is 0 Å². The molecule has 2 aromatic rings. The van der Waals surface area contributed by atoms with Gasteiger partial charge >= 0.3 is 0 Å². The molecular weight excluding hydrogens is 358 g/mol. The molecule has 26 heavy (non-hydrogen) atoms. The highest BCUT2D eigenvalue weighted by Crippen LogP contribution is 2.27. The van der Waals surface area contributed by atoms with E-state index in [9.17, 15) is 14.7 Å². The van der Waals surface area contributed by atoms with Crippen molar-refractivity contribution < 1.29 is 19.2 Å². The fraction of sp³-hybridized carbons (Fsp3) is 0.389. The molecule has 1 aromatic heterocycles. The van der Waals surface area contributed by atoms with Crippen molar-refractivity contribution in [2.24, 2.45) is 0 Å². The fourth-order valence-electron chi connectivity index (χ4n) is 2.93. The lowest BCUT2D eigenvalue weighted by atomic mass is 10.0. The van der Waals surface area contributed by atoms with E-state index in [2.05, 4.69) is 10.5 Å². The summed E-state index contributed by atoms with van der Waals surface area (Å²) < 4.78 is 5.22. The second-order valence-electron chi connectivity index (χ2n) is 6.33. The number of piperidine rings is 1. The normalized spacial score (nSPS) is 18.4. The Morgan fingerprint density at radius 1 is 1.42 bits per heavy atom. The van der Waals surface area contributed by atoms with Crippen molar-refractivity contribution in [1.82, 2.24) is 15.4 Å². The van der Waals surface area contributed by atoms with Crippen LogP contribution in [0.2, 0.25) is 5.02 Å². The van der Waals surface area contributed by atoms with Crippen LogP contribution in [-0.4, -0.2) is 52.2 Å². The lowest BCUT2D eigenvalue weighted by Gasteiger charge is -2.32. The van der Waals surface area contributed by atoms with E-state index in [1.807, 2.05) is 12.1 Å². The molecule has 138 valence electrons. The van der Waals surface area contributed by atoms with Gasteiger partial charge in [0, 0.05) is 30.8 Å². The standard InChI is InChI=1S/C18H20ClN3O4/c1-11(23)17(24)20-12-5-4-8-22(10-12)18(25)16-9-15(21-26-16)13-6-2-3-7-14(13)19/h2-3,6-7,9,11-12,23H,4-5,8,10H2,1H3,(H,20,24)/t11?,12-/m0/s1. The number of aliphatic hydroxyl groups is 1. The number of halogens is 1. The molecule has 0 radical (unpaired) electrons. The van der Waals surface area contributed by atoms with E-state index in [1.165, 1.54) is 6.92 Å². The van der Waals surface area contributed by atoms with Crippen LogP contribution < -0.4 is 5.32 Å². The predicted molar refractivity (Wildman–Crippen MR) is 95.7 cm³/mol. The van der Waals surface area contributed by atoms with Gasteiger partial charge in [0.05, 0.1) is 5.02 Å². The van der Waals surface area contributed by atoms with Gasteiger partial charge in [-0.15, -0.1) is 0 Å². The van der Waals surface area contributed by atoms with Crippen molar-refractivity contribution in [1.29, 1.82) is 0 Å². The van der Waals surface area contributed by atoms with Crippen molar-refractivity contribution in [3.8, 4) is 11.3 Å². The molecule has 0 spiro atoms. The molecule has 0 bridgehead atoms. The first-order valence-electron chi connectivity index (χ1n) is 8.45. The minimum atomic E-state index is -1.08. The lowest BCUT2D eigenvalue weighted by Crippen LogP contribution is -2.51. The summed E-state index contributed by atoms with van der Waals surface area (Å²) in [5.74, 6) is -0.598. The molecule has 1 unspecified atom stereocenters. The van der Waals surface area contributed by atoms with E-state index in [0.29, 0.717) is 29.4 Å². The van der Waals surface area contributed by atoms with Crippen LogP contribution in [0.4, 0.5) is 0 Å². The second kappa shape index (κ2) is 7.88. The third kappa shape index (κ3) is 4.05. The highest BCUT2D eigenvalue weighted by molar-refractivity contribution is 6.33. The molecule has 1 fully saturated rings. The molecule has 1 aliphatic rings. The fourth-order valence-corrected chi connectivity index (χ4v) is 3.16. The Bertz CT molecular complexity index is 805. The number of carbonyl (C=O) groups excluding carboxylic acids is 2. The zero-order chi connectivity index (χ0) is 18.7. The number of nitrogens with one attached hydrogen (secondary N) is 1. The van der Waals surface area contributed by atoms with E-state index >= 15 is 0 Å². The Balaban J connectivity index is 1.69. The maximum atomic E-state index is 12.7. The summed E-state index contributed by atoms with van der Waals surface area (Å²) in [4.78, 5) is 26.0. The summed E-state index contributed by atoms with van der Waals surface area (Å²) in [6.45, 7) is 2.34. The van der Waals surface area contributed by atoms with Crippen LogP contribution in [0.1, 0.15) is 30.3 Å². The summed E-state index contributed by atoms with van der Waals surface area (Å²) in [7, 11) is 0. The molecule has 2 amide bonds. The number of nitrogens with zero attached hydrogens (tertiary/aromatic N) is 2. The maximum Gasteiger partial charge on any atom is 0.292 e. The molecule has 1 aromatic carbocycles. The van der Waals surface area contributed by atoms with Crippen LogP contribution >= 0.6 is 11.6 Å². The van der Waals surface area contributed by atoms with Gasteiger partial charge in [0.1, 0.15) is 11.8 Å². The van der Waals surface area contributed by atoms with Crippen LogP contribution in [0.3, 0.4) is 0 Å². The molecular formula is C18H20ClN3O4. The topological polar surface area (TPSA) is 95.7 Å². The van der Waals surface area contributed by atoms with Gasteiger partial charge in [0.2, 0.25) is 11.7 Å². The maximum absolute atomic E-state index is 12.7. The number of benzene rings is 1. The monoisotopic (exact) mass is 377 g/mol. The molecule has 0 aliphatic carbocycles. The van der Waals surface area contributed by atoms with Crippen LogP contribution in [-0.2, 0) is 4.79 Å². The predicted octanol–water partition coefficient (Wildman–Crippen LogP) is 2.10. The number of amides is 2. The summed E-state index contributed by atoms with van der Waals surface area (Å²) in [5.41, 5.74) is 1.19. The number of hydrogen-bond acceptors (Lipinski definition) is 5. The minimum absolute atomic E-state index is 0.127. The quantitative estimate of drug-likeness (QED) is 0.850. The van der Waals surface area contributed by atoms with Crippen molar-refractivity contribution in [2.45, 2.75) is 31.9 Å². The first kappa shape index (κ1) is 18.4. The van der Waals surface area contributed by atoms with Crippen LogP contribution in [0.15, 0.2) is 34.9 Å². The number of hydrogen-bond donors (Lipinski definition) is 2. The summed E-state index contributed by atoms with van der Waals surface area (Å²) in [6.07, 6.45) is 0.430. The number of carbonyl (C=O) groups is 2. The van der Waals surface area contributed by atoms with Crippen LogP contribution in [0, 0.1) is 0 Å². The lowest BCUT2D eigenvalue weighted by molar-refractivity contribution is -0.129. The van der Waals surface area contributed by atoms with Gasteiger partial charge in [-0.3, -0.25) is 9.59 Å². The SMILES string of the molecule is CC(O)C(=O)N[C@H]1CCCN(C(=O)c2cc(-c3ccccc3Cl)no2)C1. The van der Waals surface area contributed by atoms with Gasteiger partial charge in [-0.1, -0.05) is 35.0 Å². The van der Waals surface area contributed by atoms with Crippen molar-refractivity contribution in [3.05, 3.63) is 41.1 Å². The Hall–Kier alpha value is -2.38. The third-order valence-corrected chi connectivity index (χ3v) is 4.63. The van der Waals surface area contributed by atoms with Gasteiger partial charge in [0.15, 0.2) is 0 Å². The number of likely N-dealkylation sites (tertiary alicyclic amines) is 1. The first-order chi connectivity index (χ1) is 12.5. The molecule has 0 saturated carbocycles. The highest BCUT2D eigenvalue weighted by Gasteiger charge is 2.28. The van der Waals surface area contributed by atoms with E-state index in [-0.39, 0.29) is 17.7 Å². The average molecular weight is 378 g/mol. The Morgan fingerprint density at radius 2 is 2.19 bits per heavy atom. The van der Waals surface area contributed by atoms with E-state index in [4.69, 9.17) is 16.1 Å². The number of aliphatic hydroxyl groups excluding tert-OH is 1. The van der Waals surface area contributed by atoms with E-state index in [0.717, 1.165) is 12.8 Å². The third-order valence-electron chi connectivity index (χ3n) is 4.31. The van der Waals surface area contributed by atoms with Gasteiger partial charge in [-0.05, 0) is 25.8 Å². The van der Waals surface area contributed by atoms with Crippen molar-refractivity contribution >= 4 is 23.4 Å². The first-order valence-corrected chi connectivity index (χ1v) is 8.83. The Kier molecular flexibility index (Phi) is 5.58. The van der Waals surface area contributed by atoms with E-state index in [1.54, 1.807) is 23.1 Å².